The molecule has 0 aliphatic carbocycles. The second-order valence-corrected chi connectivity index (χ2v) is 10.7. The van der Waals surface area contributed by atoms with Crippen LogP contribution in [-0.4, -0.2) is 51.3 Å². The van der Waals surface area contributed by atoms with Crippen LogP contribution in [0.25, 0.3) is 16.7 Å². The first-order valence-electron chi connectivity index (χ1n) is 12.2. The van der Waals surface area contributed by atoms with Gasteiger partial charge >= 0.3 is 0 Å². The highest BCUT2D eigenvalue weighted by Gasteiger charge is 2.23. The average Bonchev–Trinajstić information content (AvgIpc) is 3.25. The summed E-state index contributed by atoms with van der Waals surface area (Å²) < 4.78 is 1.51. The zero-order valence-electron chi connectivity index (χ0n) is 20.7. The van der Waals surface area contributed by atoms with Crippen LogP contribution in [0.1, 0.15) is 36.8 Å². The van der Waals surface area contributed by atoms with E-state index in [-0.39, 0.29) is 23.4 Å². The molecule has 12 heteroatoms. The molecule has 0 bridgehead atoms. The summed E-state index contributed by atoms with van der Waals surface area (Å²) in [6.07, 6.45) is 0.359. The molecule has 9 nitrogen and oxygen atoms in total. The van der Waals surface area contributed by atoms with Crippen molar-refractivity contribution in [3.05, 3.63) is 78.9 Å². The van der Waals surface area contributed by atoms with E-state index in [4.69, 9.17) is 39.8 Å². The zero-order valence-corrected chi connectivity index (χ0v) is 23.0. The molecule has 1 aliphatic heterocycles. The number of aromatic nitrogens is 4. The number of hydrogen-bond acceptors (Lipinski definition) is 6. The van der Waals surface area contributed by atoms with Gasteiger partial charge in [-0.2, -0.15) is 5.10 Å². The van der Waals surface area contributed by atoms with E-state index in [9.17, 15) is 9.59 Å². The maximum absolute atomic E-state index is 13.2. The summed E-state index contributed by atoms with van der Waals surface area (Å²) in [7, 11) is 0. The summed E-state index contributed by atoms with van der Waals surface area (Å²) in [6, 6.07) is 10.3. The van der Waals surface area contributed by atoms with Crippen molar-refractivity contribution in [3.63, 3.8) is 0 Å². The third-order valence-electron chi connectivity index (χ3n) is 6.30. The highest BCUT2D eigenvalue weighted by molar-refractivity contribution is 6.40. The molecule has 1 fully saturated rings. The molecular weight excluding hydrogens is 549 g/mol. The molecular formula is C26H26Cl3N7O2. The van der Waals surface area contributed by atoms with E-state index < -0.39 is 0 Å². The average molecular weight is 575 g/mol. The Morgan fingerprint density at radius 2 is 1.84 bits per heavy atom. The highest BCUT2D eigenvalue weighted by Crippen LogP contribution is 2.34. The molecule has 5 rings (SSSR count). The molecule has 1 amide bonds. The highest BCUT2D eigenvalue weighted by atomic mass is 35.5. The van der Waals surface area contributed by atoms with E-state index in [1.54, 1.807) is 12.1 Å². The number of piperazine rings is 1. The van der Waals surface area contributed by atoms with Gasteiger partial charge in [0, 0.05) is 36.8 Å². The van der Waals surface area contributed by atoms with Crippen LogP contribution in [0.4, 0.5) is 5.69 Å². The third-order valence-corrected chi connectivity index (χ3v) is 7.10. The van der Waals surface area contributed by atoms with Crippen LogP contribution >= 0.6 is 34.8 Å². The molecule has 198 valence electrons. The first kappa shape index (κ1) is 26.6. The summed E-state index contributed by atoms with van der Waals surface area (Å²) >= 11 is 19.1. The second-order valence-electron chi connectivity index (χ2n) is 9.45. The van der Waals surface area contributed by atoms with Crippen LogP contribution in [0.5, 0.6) is 0 Å². The Labute approximate surface area is 233 Å². The first-order valence-corrected chi connectivity index (χ1v) is 13.3. The number of benzene rings is 2. The van der Waals surface area contributed by atoms with Gasteiger partial charge in [-0.25, -0.2) is 9.67 Å². The van der Waals surface area contributed by atoms with Crippen molar-refractivity contribution in [2.75, 3.05) is 25.0 Å². The van der Waals surface area contributed by atoms with Crippen LogP contribution in [0.2, 0.25) is 15.1 Å². The number of amides is 1. The fraction of sp³-hybridized carbons (Fsp3) is 0.308. The van der Waals surface area contributed by atoms with Crippen molar-refractivity contribution in [1.82, 2.24) is 30.4 Å². The molecule has 38 heavy (non-hydrogen) atoms. The lowest BCUT2D eigenvalue weighted by Crippen LogP contribution is -2.54. The SMILES string of the molecule is CC(C)c1nn(-c2c(Cl)cc(Cl)cc2Cl)c2nc(Cc3ccc(NC(=O)C4CNCCN4)cc3)[nH]c(=O)c12. The zero-order chi connectivity index (χ0) is 27.0. The van der Waals surface area contributed by atoms with E-state index in [1.807, 2.05) is 38.1 Å². The van der Waals surface area contributed by atoms with Crippen molar-refractivity contribution >= 4 is 57.4 Å². The van der Waals surface area contributed by atoms with Crippen LogP contribution in [0.3, 0.4) is 0 Å². The summed E-state index contributed by atoms with van der Waals surface area (Å²) in [5.74, 6) is 0.323. The number of fused-ring (bicyclic) bond motifs is 1. The summed E-state index contributed by atoms with van der Waals surface area (Å²) in [5.41, 5.74) is 2.65. The number of carbonyl (C=O) groups is 1. The minimum atomic E-state index is -0.293. The fourth-order valence-electron chi connectivity index (χ4n) is 4.44. The van der Waals surface area contributed by atoms with Gasteiger partial charge in [-0.15, -0.1) is 0 Å². The van der Waals surface area contributed by atoms with Gasteiger partial charge in [-0.3, -0.25) is 9.59 Å². The lowest BCUT2D eigenvalue weighted by molar-refractivity contribution is -0.118. The number of anilines is 1. The Morgan fingerprint density at radius 1 is 1.13 bits per heavy atom. The topological polar surface area (TPSA) is 117 Å². The standard InChI is InChI=1S/C26H26Cl3N7O2/c1-13(2)22-21-24(36(35-22)23-17(28)10-15(27)11-18(23)29)33-20(34-26(21)38)9-14-3-5-16(6-4-14)32-25(37)19-12-30-7-8-31-19/h3-6,10-11,13,19,30-31H,7-9,12H2,1-2H3,(H,32,37)(H,33,34,38). The fourth-order valence-corrected chi connectivity index (χ4v) is 5.42. The molecule has 0 spiro atoms. The van der Waals surface area contributed by atoms with Gasteiger partial charge in [0.15, 0.2) is 5.65 Å². The molecule has 0 radical (unpaired) electrons. The van der Waals surface area contributed by atoms with E-state index in [1.165, 1.54) is 4.68 Å². The Balaban J connectivity index is 1.46. The Bertz CT molecular complexity index is 1530. The van der Waals surface area contributed by atoms with Crippen LogP contribution in [0.15, 0.2) is 41.2 Å². The third kappa shape index (κ3) is 5.43. The van der Waals surface area contributed by atoms with E-state index in [0.29, 0.717) is 62.0 Å². The number of rotatable bonds is 6. The van der Waals surface area contributed by atoms with Crippen molar-refractivity contribution in [2.45, 2.75) is 32.2 Å². The van der Waals surface area contributed by atoms with Gasteiger partial charge in [-0.05, 0) is 35.7 Å². The lowest BCUT2D eigenvalue weighted by Gasteiger charge is -2.23. The van der Waals surface area contributed by atoms with Crippen LogP contribution in [0, 0.1) is 0 Å². The van der Waals surface area contributed by atoms with Gasteiger partial charge in [-0.1, -0.05) is 60.8 Å². The smallest absolute Gasteiger partial charge is 0.262 e. The van der Waals surface area contributed by atoms with Crippen LogP contribution in [-0.2, 0) is 11.2 Å². The van der Waals surface area contributed by atoms with Gasteiger partial charge in [0.05, 0.1) is 21.8 Å². The maximum atomic E-state index is 13.2. The maximum Gasteiger partial charge on any atom is 0.262 e. The van der Waals surface area contributed by atoms with E-state index >= 15 is 0 Å². The normalized spacial score (nSPS) is 15.8. The van der Waals surface area contributed by atoms with Gasteiger partial charge in [0.1, 0.15) is 16.9 Å². The molecule has 1 saturated heterocycles. The van der Waals surface area contributed by atoms with Crippen molar-refractivity contribution in [2.24, 2.45) is 0 Å². The van der Waals surface area contributed by atoms with Crippen LogP contribution < -0.4 is 21.5 Å². The minimum Gasteiger partial charge on any atom is -0.325 e. The second kappa shape index (κ2) is 11.0. The molecule has 0 saturated carbocycles. The predicted octanol–water partition coefficient (Wildman–Crippen LogP) is 4.28. The Morgan fingerprint density at radius 3 is 2.47 bits per heavy atom. The summed E-state index contributed by atoms with van der Waals surface area (Å²) in [5, 5.41) is 15.4. The first-order chi connectivity index (χ1) is 18.2. The molecule has 4 aromatic rings. The number of carbonyl (C=O) groups excluding carboxylic acids is 1. The summed E-state index contributed by atoms with van der Waals surface area (Å²) in [4.78, 5) is 33.3. The molecule has 3 heterocycles. The Hall–Kier alpha value is -2.95. The molecule has 1 unspecified atom stereocenters. The minimum absolute atomic E-state index is 0.0419. The molecule has 2 aromatic carbocycles. The monoisotopic (exact) mass is 573 g/mol. The lowest BCUT2D eigenvalue weighted by atomic mass is 10.1. The quantitative estimate of drug-likeness (QED) is 0.273. The number of aromatic amines is 1. The van der Waals surface area contributed by atoms with Gasteiger partial charge in [0.25, 0.3) is 5.56 Å². The predicted molar refractivity (Wildman–Crippen MR) is 151 cm³/mol. The largest absolute Gasteiger partial charge is 0.325 e. The molecule has 4 N–H and O–H groups in total. The number of halogens is 3. The van der Waals surface area contributed by atoms with Gasteiger partial charge in [0.2, 0.25) is 5.91 Å². The number of nitrogens with zero attached hydrogens (tertiary/aromatic N) is 3. The van der Waals surface area contributed by atoms with E-state index in [0.717, 1.165) is 18.7 Å². The van der Waals surface area contributed by atoms with Crippen molar-refractivity contribution < 1.29 is 4.79 Å². The van der Waals surface area contributed by atoms with E-state index in [2.05, 4.69) is 26.0 Å². The van der Waals surface area contributed by atoms with Gasteiger partial charge < -0.3 is 20.9 Å². The molecule has 1 aliphatic rings. The van der Waals surface area contributed by atoms with Crippen molar-refractivity contribution in [3.8, 4) is 5.69 Å². The molecule has 1 atom stereocenters. The summed E-state index contributed by atoms with van der Waals surface area (Å²) in [6.45, 7) is 6.09. The number of H-pyrrole nitrogens is 1. The number of hydrogen-bond donors (Lipinski definition) is 4. The molecule has 2 aromatic heterocycles. The van der Waals surface area contributed by atoms with Crippen molar-refractivity contribution in [1.29, 1.82) is 0 Å². The number of nitrogens with one attached hydrogen (secondary N) is 4. The Kier molecular flexibility index (Phi) is 7.74.